The van der Waals surface area contributed by atoms with Gasteiger partial charge in [-0.1, -0.05) is 44.4 Å². The van der Waals surface area contributed by atoms with Gasteiger partial charge in [-0.05, 0) is 47.8 Å². The first kappa shape index (κ1) is 18.2. The Bertz CT molecular complexity index is 646. The molecule has 0 aliphatic heterocycles. The van der Waals surface area contributed by atoms with Gasteiger partial charge in [0.2, 0.25) is 0 Å². The summed E-state index contributed by atoms with van der Waals surface area (Å²) < 4.78 is 12.9. The number of fused-ring (bicyclic) bond motifs is 1. The fourth-order valence-corrected chi connectivity index (χ4v) is 3.04. The number of benzene rings is 1. The summed E-state index contributed by atoms with van der Waals surface area (Å²) in [6.07, 6.45) is 10.2. The van der Waals surface area contributed by atoms with Crippen molar-refractivity contribution in [1.82, 2.24) is 10.4 Å². The third-order valence-corrected chi connectivity index (χ3v) is 4.14. The van der Waals surface area contributed by atoms with Gasteiger partial charge in [0.1, 0.15) is 0 Å². The smallest absolute Gasteiger partial charge is 0.0783 e. The Kier molecular flexibility index (Phi) is 6.53. The van der Waals surface area contributed by atoms with Crippen molar-refractivity contribution in [3.05, 3.63) is 78.6 Å². The number of hydrogen-bond donors (Lipinski definition) is 2. The molecule has 0 saturated heterocycles. The van der Waals surface area contributed by atoms with E-state index < -0.39 is 0 Å². The average Bonchev–Trinajstić information content (AvgIpc) is 2.87. The molecule has 0 radical (unpaired) electrons. The van der Waals surface area contributed by atoms with Crippen LogP contribution in [0.4, 0.5) is 10.2 Å². The van der Waals surface area contributed by atoms with E-state index in [1.807, 2.05) is 18.2 Å². The Morgan fingerprint density at radius 3 is 2.79 bits per heavy atom. The van der Waals surface area contributed by atoms with Crippen LogP contribution in [-0.4, -0.2) is 18.8 Å². The Hall–Kier alpha value is -2.17. The van der Waals surface area contributed by atoms with E-state index in [-0.39, 0.29) is 12.7 Å². The van der Waals surface area contributed by atoms with Crippen molar-refractivity contribution in [3.63, 3.8) is 0 Å². The van der Waals surface area contributed by atoms with Crippen LogP contribution in [0.25, 0.3) is 0 Å². The lowest BCUT2D eigenvalue weighted by Gasteiger charge is -2.16. The van der Waals surface area contributed by atoms with Crippen LogP contribution < -0.4 is 10.6 Å². The fourth-order valence-electron chi connectivity index (χ4n) is 3.04. The molecule has 2 N–H and O–H groups in total. The second-order valence-electron chi connectivity index (χ2n) is 6.08. The first-order valence-electron chi connectivity index (χ1n) is 8.18. The van der Waals surface area contributed by atoms with Gasteiger partial charge in [-0.2, -0.15) is 0 Å². The van der Waals surface area contributed by atoms with E-state index >= 15 is 0 Å². The first-order chi connectivity index (χ1) is 11.5. The van der Waals surface area contributed by atoms with Crippen LogP contribution in [-0.2, 0) is 0 Å². The van der Waals surface area contributed by atoms with Gasteiger partial charge in [-0.3, -0.25) is 5.32 Å². The second kappa shape index (κ2) is 8.62. The van der Waals surface area contributed by atoms with Crippen molar-refractivity contribution < 1.29 is 4.48 Å². The summed E-state index contributed by atoms with van der Waals surface area (Å²) in [4.78, 5) is 0. The molecule has 0 unspecified atom stereocenters. The van der Waals surface area contributed by atoms with Gasteiger partial charge < -0.3 is 5.32 Å². The molecule has 0 amide bonds. The minimum Gasteiger partial charge on any atom is -0.356 e. The molecule has 4 heteroatoms. The zero-order valence-electron chi connectivity index (χ0n) is 14.4. The third-order valence-electron chi connectivity index (χ3n) is 4.14. The van der Waals surface area contributed by atoms with Crippen LogP contribution in [0.1, 0.15) is 36.4 Å². The number of halogens is 1. The van der Waals surface area contributed by atoms with Gasteiger partial charge in [0, 0.05) is 24.5 Å². The Morgan fingerprint density at radius 2 is 2.12 bits per heavy atom. The van der Waals surface area contributed by atoms with Crippen LogP contribution in [0.15, 0.2) is 67.4 Å². The molecule has 128 valence electrons. The molecule has 1 aromatic rings. The predicted octanol–water partition coefficient (Wildman–Crippen LogP) is 4.82. The van der Waals surface area contributed by atoms with Crippen molar-refractivity contribution in [1.29, 1.82) is 0 Å². The first-order valence-corrected chi connectivity index (χ1v) is 8.18. The number of nitrogens with one attached hydrogen (secondary N) is 2. The Balaban J connectivity index is 2.17. The predicted molar refractivity (Wildman–Crippen MR) is 100 cm³/mol. The van der Waals surface area contributed by atoms with Crippen LogP contribution in [0.5, 0.6) is 0 Å². The normalized spacial score (nSPS) is 20.4. The summed E-state index contributed by atoms with van der Waals surface area (Å²) in [6.45, 7) is 9.88. The van der Waals surface area contributed by atoms with Crippen LogP contribution in [0.3, 0.4) is 0 Å². The summed E-state index contributed by atoms with van der Waals surface area (Å²) in [5, 5.41) is 7.32. The van der Waals surface area contributed by atoms with Crippen molar-refractivity contribution >= 4 is 5.69 Å². The summed E-state index contributed by atoms with van der Waals surface area (Å²) >= 11 is 0. The molecule has 3 nitrogen and oxygen atoms in total. The Labute approximate surface area is 144 Å². The lowest BCUT2D eigenvalue weighted by atomic mass is 10.0. The maximum atomic E-state index is 12.9. The summed E-state index contributed by atoms with van der Waals surface area (Å²) in [7, 11) is 1.42. The van der Waals surface area contributed by atoms with Gasteiger partial charge >= 0.3 is 0 Å². The molecule has 0 heterocycles. The van der Waals surface area contributed by atoms with Gasteiger partial charge in [0.05, 0.1) is 6.67 Å². The molecular formula is C20H26FN3. The van der Waals surface area contributed by atoms with Crippen molar-refractivity contribution in [2.24, 2.45) is 0 Å². The molecule has 0 saturated carbocycles. The molecule has 1 aromatic carbocycles. The van der Waals surface area contributed by atoms with Gasteiger partial charge in [0.25, 0.3) is 0 Å². The lowest BCUT2D eigenvalue weighted by Crippen LogP contribution is -2.28. The van der Waals surface area contributed by atoms with Gasteiger partial charge in [-0.25, -0.2) is 0 Å². The number of allylic oxidation sites excluding steroid dienone is 5. The van der Waals surface area contributed by atoms with Crippen LogP contribution in [0, 0.1) is 0 Å². The zero-order valence-corrected chi connectivity index (χ0v) is 14.4. The molecule has 0 spiro atoms. The van der Waals surface area contributed by atoms with Crippen molar-refractivity contribution in [2.45, 2.75) is 25.3 Å². The number of nitrogens with zero attached hydrogens (tertiary/aromatic N) is 1. The maximum absolute atomic E-state index is 12.9. The number of anilines is 1. The number of hydrogen-bond acceptors (Lipinski definition) is 3. The van der Waals surface area contributed by atoms with Crippen LogP contribution >= 0.6 is 0 Å². The van der Waals surface area contributed by atoms with Gasteiger partial charge in [-0.15, -0.1) is 9.60 Å². The van der Waals surface area contributed by atoms with Crippen molar-refractivity contribution in [2.75, 3.05) is 19.0 Å². The van der Waals surface area contributed by atoms with E-state index in [2.05, 4.69) is 48.9 Å². The molecule has 0 aromatic heterocycles. The number of rotatable bonds is 8. The molecule has 0 bridgehead atoms. The second-order valence-corrected chi connectivity index (χ2v) is 6.08. The highest BCUT2D eigenvalue weighted by molar-refractivity contribution is 5.57. The summed E-state index contributed by atoms with van der Waals surface area (Å²) in [6, 6.07) is 6.56. The van der Waals surface area contributed by atoms with E-state index in [4.69, 9.17) is 0 Å². The molecule has 1 aliphatic carbocycles. The monoisotopic (exact) mass is 327 g/mol. The summed E-state index contributed by atoms with van der Waals surface area (Å²) in [5.41, 5.74) is 4.55. The van der Waals surface area contributed by atoms with Crippen LogP contribution in [0.2, 0.25) is 0 Å². The van der Waals surface area contributed by atoms with Gasteiger partial charge in [0.15, 0.2) is 0 Å². The topological polar surface area (TPSA) is 27.3 Å². The molecule has 0 fully saturated rings. The van der Waals surface area contributed by atoms with E-state index in [0.29, 0.717) is 11.0 Å². The molecule has 1 aliphatic rings. The average molecular weight is 327 g/mol. The maximum Gasteiger partial charge on any atom is 0.0783 e. The van der Waals surface area contributed by atoms with Crippen molar-refractivity contribution in [3.8, 4) is 0 Å². The lowest BCUT2D eigenvalue weighted by molar-refractivity contribution is 0.0454. The largest absolute Gasteiger partial charge is 0.356 e. The van der Waals surface area contributed by atoms with E-state index in [1.54, 1.807) is 12.2 Å². The van der Waals surface area contributed by atoms with E-state index in [1.165, 1.54) is 18.2 Å². The Morgan fingerprint density at radius 1 is 1.33 bits per heavy atom. The third kappa shape index (κ3) is 4.66. The molecule has 24 heavy (non-hydrogen) atoms. The highest BCUT2D eigenvalue weighted by Crippen LogP contribution is 2.41. The summed E-state index contributed by atoms with van der Waals surface area (Å²) in [5.74, 6) is 0.444. The highest BCUT2D eigenvalue weighted by atomic mass is 19.2. The molecule has 2 rings (SSSR count). The minimum atomic E-state index is 0.200. The van der Waals surface area contributed by atoms with E-state index in [0.717, 1.165) is 17.8 Å². The molecular weight excluding hydrogens is 301 g/mol. The standard InChI is InChI=1S/C20H26FN3/c1-5-7-9-16(8-6-2)23-17-10-11-18-19(13-17)15(3)12-20(18)22-14-24(4)21/h5-11,13,15,20,22-23H,1-2,12,14H2,3-4H3/b9-7-,16-8+/t15-,20-/m1/s1. The zero-order chi connectivity index (χ0) is 17.5. The quantitative estimate of drug-likeness (QED) is 0.407. The minimum absolute atomic E-state index is 0.200. The van der Waals surface area contributed by atoms with E-state index in [9.17, 15) is 4.48 Å². The highest BCUT2D eigenvalue weighted by Gasteiger charge is 2.28. The fraction of sp³-hybridized carbons (Fsp3) is 0.300. The SMILES string of the molecule is C=C/C=C\C(=C/C=C)Nc1ccc2c(c1)[C@H](C)C[C@H]2NCN(C)F. The molecule has 2 atom stereocenters.